The van der Waals surface area contributed by atoms with Gasteiger partial charge in [-0.05, 0) is 80.5 Å². The molecule has 166 valence electrons. The molecule has 0 saturated carbocycles. The average molecular weight is 450 g/mol. The molecule has 7 nitrogen and oxygen atoms in total. The number of H-pyrrole nitrogens is 1. The van der Waals surface area contributed by atoms with Gasteiger partial charge in [0, 0.05) is 36.1 Å². The van der Waals surface area contributed by atoms with E-state index in [0.29, 0.717) is 5.11 Å². The number of anilines is 2. The summed E-state index contributed by atoms with van der Waals surface area (Å²) in [5.74, 6) is -0.187. The second kappa shape index (κ2) is 9.10. The van der Waals surface area contributed by atoms with E-state index in [1.807, 2.05) is 43.3 Å². The highest BCUT2D eigenvalue weighted by molar-refractivity contribution is 7.80. The third-order valence-electron chi connectivity index (χ3n) is 5.64. The second-order valence-corrected chi connectivity index (χ2v) is 8.40. The van der Waals surface area contributed by atoms with Crippen molar-refractivity contribution in [3.8, 4) is 0 Å². The Bertz CT molecular complexity index is 1140. The van der Waals surface area contributed by atoms with E-state index < -0.39 is 0 Å². The van der Waals surface area contributed by atoms with Gasteiger partial charge in [0.05, 0.1) is 17.8 Å². The molecule has 8 heteroatoms. The van der Waals surface area contributed by atoms with Crippen molar-refractivity contribution in [2.24, 2.45) is 0 Å². The monoisotopic (exact) mass is 449 g/mol. The summed E-state index contributed by atoms with van der Waals surface area (Å²) in [6, 6.07) is 13.8. The van der Waals surface area contributed by atoms with Gasteiger partial charge in [0.25, 0.3) is 0 Å². The van der Waals surface area contributed by atoms with Crippen LogP contribution in [0.3, 0.4) is 0 Å². The molecule has 3 heterocycles. The lowest BCUT2D eigenvalue weighted by Crippen LogP contribution is -2.29. The van der Waals surface area contributed by atoms with Gasteiger partial charge in [0.2, 0.25) is 5.91 Å². The van der Waals surface area contributed by atoms with Crippen molar-refractivity contribution in [3.05, 3.63) is 76.9 Å². The van der Waals surface area contributed by atoms with Crippen molar-refractivity contribution >= 4 is 34.6 Å². The summed E-state index contributed by atoms with van der Waals surface area (Å²) >= 11 is 5.80. The lowest BCUT2D eigenvalue weighted by molar-refractivity contribution is -0.119. The normalized spacial score (nSPS) is 18.0. The van der Waals surface area contributed by atoms with E-state index in [2.05, 4.69) is 45.4 Å². The van der Waals surface area contributed by atoms with E-state index in [4.69, 9.17) is 17.0 Å². The Labute approximate surface area is 193 Å². The number of ether oxygens (including phenoxy) is 1. The van der Waals surface area contributed by atoms with Crippen molar-refractivity contribution in [2.75, 3.05) is 23.9 Å². The van der Waals surface area contributed by atoms with Gasteiger partial charge < -0.3 is 25.3 Å². The molecule has 1 amide bonds. The maximum absolute atomic E-state index is 11.9. The fraction of sp³-hybridized carbons (Fsp3) is 0.292. The topological polar surface area (TPSA) is 82.3 Å². The summed E-state index contributed by atoms with van der Waals surface area (Å²) in [6.45, 7) is 6.12. The molecule has 1 aliphatic heterocycles. The van der Waals surface area contributed by atoms with E-state index in [1.54, 1.807) is 6.20 Å². The van der Waals surface area contributed by atoms with Crippen molar-refractivity contribution in [1.29, 1.82) is 0 Å². The van der Waals surface area contributed by atoms with Gasteiger partial charge >= 0.3 is 0 Å². The Morgan fingerprint density at radius 3 is 2.66 bits per heavy atom. The number of aromatic nitrogens is 2. The molecule has 0 radical (unpaired) electrons. The van der Waals surface area contributed by atoms with Gasteiger partial charge in [-0.15, -0.1) is 0 Å². The molecule has 2 aromatic heterocycles. The lowest BCUT2D eigenvalue weighted by Gasteiger charge is -2.28. The quantitative estimate of drug-likeness (QED) is 0.492. The van der Waals surface area contributed by atoms with Crippen LogP contribution in [0.4, 0.5) is 11.4 Å². The lowest BCUT2D eigenvalue weighted by atomic mass is 9.96. The molecule has 0 spiro atoms. The van der Waals surface area contributed by atoms with Crippen LogP contribution in [0.25, 0.3) is 0 Å². The zero-order valence-electron chi connectivity index (χ0n) is 18.6. The molecule has 1 fully saturated rings. The number of methoxy groups -OCH3 is 1. The van der Waals surface area contributed by atoms with Crippen LogP contribution in [0, 0.1) is 20.8 Å². The molecule has 1 aromatic carbocycles. The predicted molar refractivity (Wildman–Crippen MR) is 130 cm³/mol. The second-order valence-electron chi connectivity index (χ2n) is 8.01. The smallest absolute Gasteiger partial charge is 0.250 e. The minimum Gasteiger partial charge on any atom is -0.375 e. The third-order valence-corrected chi connectivity index (χ3v) is 5.96. The first-order chi connectivity index (χ1) is 15.4. The Kier molecular flexibility index (Phi) is 6.25. The fourth-order valence-electron chi connectivity index (χ4n) is 4.26. The molecular formula is C24H27N5O2S. The highest BCUT2D eigenvalue weighted by atomic mass is 32.1. The van der Waals surface area contributed by atoms with E-state index in [0.717, 1.165) is 34.0 Å². The highest BCUT2D eigenvalue weighted by Crippen LogP contribution is 2.43. The van der Waals surface area contributed by atoms with Crippen LogP contribution in [0.5, 0.6) is 0 Å². The van der Waals surface area contributed by atoms with Gasteiger partial charge in [-0.2, -0.15) is 0 Å². The largest absolute Gasteiger partial charge is 0.375 e. The Morgan fingerprint density at radius 2 is 2.03 bits per heavy atom. The molecule has 0 unspecified atom stereocenters. The number of aromatic amines is 1. The number of thiocarbonyl (C=S) groups is 1. The number of benzene rings is 1. The molecule has 0 aliphatic carbocycles. The van der Waals surface area contributed by atoms with Gasteiger partial charge in [0.15, 0.2) is 5.11 Å². The average Bonchev–Trinajstić information content (AvgIpc) is 3.28. The van der Waals surface area contributed by atoms with E-state index in [9.17, 15) is 4.79 Å². The van der Waals surface area contributed by atoms with E-state index in [-0.39, 0.29) is 24.6 Å². The summed E-state index contributed by atoms with van der Waals surface area (Å²) in [6.07, 6.45) is 1.80. The van der Waals surface area contributed by atoms with Crippen LogP contribution < -0.4 is 15.5 Å². The summed E-state index contributed by atoms with van der Waals surface area (Å²) < 4.78 is 4.91. The number of hydrogen-bond acceptors (Lipinski definition) is 4. The van der Waals surface area contributed by atoms with Crippen LogP contribution in [0.15, 0.2) is 48.7 Å². The van der Waals surface area contributed by atoms with Crippen LogP contribution in [-0.2, 0) is 9.53 Å². The van der Waals surface area contributed by atoms with Crippen molar-refractivity contribution in [3.63, 3.8) is 0 Å². The maximum atomic E-state index is 11.9. The molecule has 3 N–H and O–H groups in total. The van der Waals surface area contributed by atoms with Crippen molar-refractivity contribution in [1.82, 2.24) is 15.3 Å². The zero-order valence-corrected chi connectivity index (χ0v) is 19.4. The molecular weight excluding hydrogens is 422 g/mol. The van der Waals surface area contributed by atoms with Gasteiger partial charge in [-0.3, -0.25) is 9.78 Å². The number of pyridine rings is 1. The fourth-order valence-corrected chi connectivity index (χ4v) is 4.60. The standard InChI is InChI=1S/C24H27N5O2S/c1-14-11-17(8-9-19(14)27-21(30)13-31-4)29-23(18-12-15(2)26-16(18)3)22(28-24(29)32)20-7-5-6-10-25-20/h5-12,22-23,26H,13H2,1-4H3,(H,27,30)(H,28,32)/t22-,23-/m1/s1. The van der Waals surface area contributed by atoms with Crippen LogP contribution in [0.2, 0.25) is 0 Å². The molecule has 1 saturated heterocycles. The maximum Gasteiger partial charge on any atom is 0.250 e. The van der Waals surface area contributed by atoms with Crippen LogP contribution in [0.1, 0.15) is 40.3 Å². The zero-order chi connectivity index (χ0) is 22.8. The number of amides is 1. The number of carbonyl (C=O) groups excluding carboxylic acids is 1. The van der Waals surface area contributed by atoms with Gasteiger partial charge in [0.1, 0.15) is 6.61 Å². The number of rotatable bonds is 6. The number of nitrogens with one attached hydrogen (secondary N) is 3. The van der Waals surface area contributed by atoms with Crippen molar-refractivity contribution in [2.45, 2.75) is 32.9 Å². The van der Waals surface area contributed by atoms with Crippen LogP contribution in [-0.4, -0.2) is 34.7 Å². The number of carbonyl (C=O) groups is 1. The SMILES string of the molecule is COCC(=O)Nc1ccc(N2C(=S)N[C@H](c3ccccn3)[C@H]2c2cc(C)[nH]c2C)cc1C. The van der Waals surface area contributed by atoms with Gasteiger partial charge in [-0.25, -0.2) is 0 Å². The summed E-state index contributed by atoms with van der Waals surface area (Å²) in [4.78, 5) is 22.1. The molecule has 4 rings (SSSR count). The minimum absolute atomic E-state index is 0.0151. The van der Waals surface area contributed by atoms with E-state index >= 15 is 0 Å². The van der Waals surface area contributed by atoms with E-state index in [1.165, 1.54) is 12.7 Å². The highest BCUT2D eigenvalue weighted by Gasteiger charge is 2.41. The Balaban J connectivity index is 1.74. The predicted octanol–water partition coefficient (Wildman–Crippen LogP) is 4.10. The molecule has 1 aliphatic rings. The summed E-state index contributed by atoms with van der Waals surface area (Å²) in [5, 5.41) is 7.00. The minimum atomic E-state index is -0.187. The first-order valence-corrected chi connectivity index (χ1v) is 10.9. The first-order valence-electron chi connectivity index (χ1n) is 10.4. The third kappa shape index (κ3) is 4.24. The summed E-state index contributed by atoms with van der Waals surface area (Å²) in [5.41, 5.74) is 6.94. The number of hydrogen-bond donors (Lipinski definition) is 3. The summed E-state index contributed by atoms with van der Waals surface area (Å²) in [7, 11) is 1.50. The number of nitrogens with zero attached hydrogens (tertiary/aromatic N) is 2. The number of aryl methyl sites for hydroxylation is 3. The molecule has 3 aromatic rings. The molecule has 2 atom stereocenters. The first kappa shape index (κ1) is 22.0. The Hall–Kier alpha value is -3.23. The Morgan fingerprint density at radius 1 is 1.22 bits per heavy atom. The van der Waals surface area contributed by atoms with Crippen LogP contribution >= 0.6 is 12.2 Å². The molecule has 0 bridgehead atoms. The van der Waals surface area contributed by atoms with Gasteiger partial charge in [-0.1, -0.05) is 6.07 Å². The van der Waals surface area contributed by atoms with Crippen molar-refractivity contribution < 1.29 is 9.53 Å². The molecule has 32 heavy (non-hydrogen) atoms.